The highest BCUT2D eigenvalue weighted by atomic mass is 16.5. The second kappa shape index (κ2) is 10.5. The number of hydrogen-bond donors (Lipinski definition) is 1. The third-order valence-electron chi connectivity index (χ3n) is 5.45. The van der Waals surface area contributed by atoms with Crippen LogP contribution in [0.15, 0.2) is 18.2 Å². The first kappa shape index (κ1) is 23.0. The van der Waals surface area contributed by atoms with Gasteiger partial charge >= 0.3 is 0 Å². The first-order valence-electron chi connectivity index (χ1n) is 10.8. The number of carbonyl (C=O) groups is 2. The van der Waals surface area contributed by atoms with Crippen molar-refractivity contribution in [1.82, 2.24) is 10.2 Å². The molecule has 0 saturated carbocycles. The van der Waals surface area contributed by atoms with Crippen molar-refractivity contribution in [2.75, 3.05) is 26.3 Å². The van der Waals surface area contributed by atoms with E-state index in [1.165, 1.54) is 0 Å². The average molecular weight is 405 g/mol. The predicted molar refractivity (Wildman–Crippen MR) is 114 cm³/mol. The first-order chi connectivity index (χ1) is 13.8. The van der Waals surface area contributed by atoms with E-state index in [-0.39, 0.29) is 11.8 Å². The van der Waals surface area contributed by atoms with E-state index in [4.69, 9.17) is 9.47 Å². The van der Waals surface area contributed by atoms with Crippen molar-refractivity contribution in [3.63, 3.8) is 0 Å². The molecule has 0 unspecified atom stereocenters. The lowest BCUT2D eigenvalue weighted by molar-refractivity contribution is -0.140. The number of benzene rings is 1. The van der Waals surface area contributed by atoms with Gasteiger partial charge in [-0.15, -0.1) is 0 Å². The minimum absolute atomic E-state index is 0.0440. The van der Waals surface area contributed by atoms with E-state index in [1.807, 2.05) is 39.0 Å². The van der Waals surface area contributed by atoms with Crippen molar-refractivity contribution in [1.29, 1.82) is 0 Å². The van der Waals surface area contributed by atoms with Crippen LogP contribution in [0, 0.1) is 5.92 Å². The molecule has 1 aromatic rings. The summed E-state index contributed by atoms with van der Waals surface area (Å²) in [7, 11) is 0. The Balaban J connectivity index is 2.06. The molecule has 0 spiro atoms. The van der Waals surface area contributed by atoms with Gasteiger partial charge in [0.1, 0.15) is 5.54 Å². The number of amides is 2. The highest BCUT2D eigenvalue weighted by Gasteiger charge is 2.46. The monoisotopic (exact) mass is 404 g/mol. The van der Waals surface area contributed by atoms with Gasteiger partial charge in [-0.2, -0.15) is 0 Å². The molecule has 29 heavy (non-hydrogen) atoms. The van der Waals surface area contributed by atoms with E-state index in [0.29, 0.717) is 57.2 Å². The van der Waals surface area contributed by atoms with Gasteiger partial charge in [-0.05, 0) is 63.6 Å². The zero-order valence-corrected chi connectivity index (χ0v) is 18.5. The highest BCUT2D eigenvalue weighted by molar-refractivity contribution is 5.94. The second-order valence-corrected chi connectivity index (χ2v) is 8.15. The minimum Gasteiger partial charge on any atom is -0.490 e. The maximum atomic E-state index is 12.8. The molecule has 0 aliphatic carbocycles. The van der Waals surface area contributed by atoms with Crippen LogP contribution in [0.1, 0.15) is 59.4 Å². The van der Waals surface area contributed by atoms with Gasteiger partial charge in [0.2, 0.25) is 11.8 Å². The summed E-state index contributed by atoms with van der Waals surface area (Å²) in [6, 6.07) is 5.87. The summed E-state index contributed by atoms with van der Waals surface area (Å²) in [6.45, 7) is 12.3. The number of nitrogens with zero attached hydrogens (tertiary/aromatic N) is 1. The molecule has 1 aliphatic heterocycles. The Morgan fingerprint density at radius 3 is 2.55 bits per heavy atom. The molecule has 0 aromatic heterocycles. The molecule has 0 bridgehead atoms. The topological polar surface area (TPSA) is 67.9 Å². The summed E-state index contributed by atoms with van der Waals surface area (Å²) in [5.74, 6) is 1.97. The van der Waals surface area contributed by atoms with Crippen LogP contribution in [0.4, 0.5) is 0 Å². The van der Waals surface area contributed by atoms with E-state index in [2.05, 4.69) is 19.2 Å². The summed E-state index contributed by atoms with van der Waals surface area (Å²) in [4.78, 5) is 27.1. The molecule has 162 valence electrons. The van der Waals surface area contributed by atoms with Crippen LogP contribution in [-0.2, 0) is 16.0 Å². The number of nitrogens with one attached hydrogen (secondary N) is 1. The van der Waals surface area contributed by atoms with E-state index in [9.17, 15) is 9.59 Å². The van der Waals surface area contributed by atoms with Crippen LogP contribution in [0.2, 0.25) is 0 Å². The molecular formula is C23H36N2O4. The Bertz CT molecular complexity index is 704. The fourth-order valence-electron chi connectivity index (χ4n) is 3.66. The summed E-state index contributed by atoms with van der Waals surface area (Å²) in [5.41, 5.74) is 0.279. The van der Waals surface area contributed by atoms with Crippen molar-refractivity contribution in [2.24, 2.45) is 5.92 Å². The Hall–Kier alpha value is -2.24. The predicted octanol–water partition coefficient (Wildman–Crippen LogP) is 3.57. The summed E-state index contributed by atoms with van der Waals surface area (Å²) < 4.78 is 11.3. The summed E-state index contributed by atoms with van der Waals surface area (Å²) >= 11 is 0. The number of hydrogen-bond acceptors (Lipinski definition) is 4. The van der Waals surface area contributed by atoms with Crippen molar-refractivity contribution in [2.45, 2.75) is 65.8 Å². The maximum Gasteiger partial charge on any atom is 0.245 e. The Morgan fingerprint density at radius 1 is 1.21 bits per heavy atom. The van der Waals surface area contributed by atoms with Gasteiger partial charge in [-0.25, -0.2) is 0 Å². The lowest BCUT2D eigenvalue weighted by atomic mass is 9.96. The van der Waals surface area contributed by atoms with Crippen LogP contribution in [-0.4, -0.2) is 48.6 Å². The number of rotatable bonds is 11. The average Bonchev–Trinajstić information content (AvgIpc) is 2.97. The number of carbonyl (C=O) groups excluding carboxylic acids is 2. The van der Waals surface area contributed by atoms with E-state index < -0.39 is 5.54 Å². The fourth-order valence-corrected chi connectivity index (χ4v) is 3.66. The van der Waals surface area contributed by atoms with Gasteiger partial charge in [0.05, 0.1) is 13.2 Å². The number of ether oxygens (including phenoxy) is 2. The summed E-state index contributed by atoms with van der Waals surface area (Å²) in [6.07, 6.45) is 2.57. The van der Waals surface area contributed by atoms with Crippen molar-refractivity contribution in [3.05, 3.63) is 23.8 Å². The van der Waals surface area contributed by atoms with Crippen LogP contribution >= 0.6 is 0 Å². The van der Waals surface area contributed by atoms with E-state index in [1.54, 1.807) is 4.90 Å². The molecule has 1 fully saturated rings. The van der Waals surface area contributed by atoms with Gasteiger partial charge in [0.25, 0.3) is 0 Å². The van der Waals surface area contributed by atoms with Crippen LogP contribution in [0.5, 0.6) is 11.5 Å². The van der Waals surface area contributed by atoms with Gasteiger partial charge in [-0.3, -0.25) is 9.59 Å². The van der Waals surface area contributed by atoms with Crippen molar-refractivity contribution < 1.29 is 19.1 Å². The molecule has 1 heterocycles. The molecule has 0 radical (unpaired) electrons. The summed E-state index contributed by atoms with van der Waals surface area (Å²) in [5, 5.41) is 3.02. The lowest BCUT2D eigenvalue weighted by Gasteiger charge is -2.34. The van der Waals surface area contributed by atoms with Crippen molar-refractivity contribution in [3.8, 4) is 11.5 Å². The molecule has 1 N–H and O–H groups in total. The Labute approximate surface area is 174 Å². The molecule has 1 aliphatic rings. The van der Waals surface area contributed by atoms with Crippen LogP contribution in [0.3, 0.4) is 0 Å². The largest absolute Gasteiger partial charge is 0.490 e. The lowest BCUT2D eigenvalue weighted by Crippen LogP contribution is -2.55. The first-order valence-corrected chi connectivity index (χ1v) is 10.8. The molecule has 1 aromatic carbocycles. The molecule has 6 nitrogen and oxygen atoms in total. The van der Waals surface area contributed by atoms with E-state index in [0.717, 1.165) is 17.7 Å². The van der Waals surface area contributed by atoms with Gasteiger partial charge < -0.3 is 19.7 Å². The molecule has 6 heteroatoms. The molecule has 2 amide bonds. The smallest absolute Gasteiger partial charge is 0.245 e. The van der Waals surface area contributed by atoms with Crippen LogP contribution < -0.4 is 14.8 Å². The normalized spacial score (nSPS) is 19.0. The minimum atomic E-state index is -0.776. The zero-order chi connectivity index (χ0) is 21.4. The van der Waals surface area contributed by atoms with Crippen LogP contribution in [0.25, 0.3) is 0 Å². The SMILES string of the molecule is CCOc1ccc(CCN2C(=O)CC[C@@]2(C)C(=O)NCCC(C)C)cc1OCC. The van der Waals surface area contributed by atoms with Gasteiger partial charge in [0.15, 0.2) is 11.5 Å². The second-order valence-electron chi connectivity index (χ2n) is 8.15. The molecule has 2 rings (SSSR count). The molecule has 1 atom stereocenters. The van der Waals surface area contributed by atoms with Gasteiger partial charge in [-0.1, -0.05) is 19.9 Å². The Morgan fingerprint density at radius 2 is 1.90 bits per heavy atom. The standard InChI is InChI=1S/C23H36N2O4/c1-6-28-19-9-8-18(16-20(19)29-7-2)12-15-25-21(26)10-13-23(25,5)22(27)24-14-11-17(3)4/h8-9,16-17H,6-7,10-15H2,1-5H3,(H,24,27)/t23-/m0/s1. The van der Waals surface area contributed by atoms with Gasteiger partial charge in [0, 0.05) is 19.5 Å². The molecule has 1 saturated heterocycles. The third-order valence-corrected chi connectivity index (χ3v) is 5.45. The third kappa shape index (κ3) is 5.87. The van der Waals surface area contributed by atoms with Crippen molar-refractivity contribution >= 4 is 11.8 Å². The maximum absolute atomic E-state index is 12.8. The fraction of sp³-hybridized carbons (Fsp3) is 0.652. The van der Waals surface area contributed by atoms with E-state index >= 15 is 0 Å². The Kier molecular flexibility index (Phi) is 8.35. The zero-order valence-electron chi connectivity index (χ0n) is 18.5. The molecular weight excluding hydrogens is 368 g/mol. The quantitative estimate of drug-likeness (QED) is 0.612. The number of likely N-dealkylation sites (tertiary alicyclic amines) is 1. The highest BCUT2D eigenvalue weighted by Crippen LogP contribution is 2.32.